The fraction of sp³-hybridized carbons (Fsp3) is 0.750. The van der Waals surface area contributed by atoms with Crippen LogP contribution in [-0.2, 0) is 4.74 Å². The number of aliphatic hydroxyl groups excluding tert-OH is 3. The summed E-state index contributed by atoms with van der Waals surface area (Å²) in [5, 5.41) is 45.4. The second-order valence-electron chi connectivity index (χ2n) is 10.1. The summed E-state index contributed by atoms with van der Waals surface area (Å²) in [5.74, 6) is 0.966. The van der Waals surface area contributed by atoms with Crippen LogP contribution in [0.15, 0.2) is 35.6 Å². The van der Waals surface area contributed by atoms with Crippen molar-refractivity contribution in [3.8, 4) is 0 Å². The number of rotatable bonds is 5. The largest absolute Gasteiger partial charge is 0.464 e. The van der Waals surface area contributed by atoms with E-state index in [0.717, 1.165) is 63.0 Å². The second kappa shape index (κ2) is 11.3. The molecule has 0 aromatic heterocycles. The third-order valence-electron chi connectivity index (χ3n) is 7.39. The predicted octanol–water partition coefficient (Wildman–Crippen LogP) is 0.905. The average Bonchev–Trinajstić information content (AvgIpc) is 2.84. The molecular weight excluding hydrogens is 419 g/mol. The molecule has 1 saturated heterocycles. The van der Waals surface area contributed by atoms with Crippen LogP contribution in [0.4, 0.5) is 0 Å². The summed E-state index contributed by atoms with van der Waals surface area (Å²) in [4.78, 5) is 0. The fourth-order valence-corrected chi connectivity index (χ4v) is 5.53. The number of aliphatic hydroxyl groups is 3. The summed E-state index contributed by atoms with van der Waals surface area (Å²) in [6.07, 6.45) is 8.55. The maximum atomic E-state index is 10.9. The smallest absolute Gasteiger partial charge is 0.167 e. The SMILES string of the molecule is [B]C1C/C=C/OC2=C(NC(C3CCC(NC(O)CC4CCNCC4)=CC3O)NC2O)[C@H](C)C1. The van der Waals surface area contributed by atoms with Crippen LogP contribution >= 0.6 is 0 Å². The van der Waals surface area contributed by atoms with Crippen molar-refractivity contribution in [3.63, 3.8) is 0 Å². The first-order chi connectivity index (χ1) is 15.9. The van der Waals surface area contributed by atoms with Crippen LogP contribution in [0.1, 0.15) is 51.9 Å². The van der Waals surface area contributed by atoms with Crippen molar-refractivity contribution in [3.05, 3.63) is 35.6 Å². The van der Waals surface area contributed by atoms with Gasteiger partial charge in [0.1, 0.15) is 6.23 Å². The van der Waals surface area contributed by atoms with E-state index in [-0.39, 0.29) is 23.8 Å². The van der Waals surface area contributed by atoms with Crippen molar-refractivity contribution < 1.29 is 20.1 Å². The van der Waals surface area contributed by atoms with E-state index in [1.54, 1.807) is 12.3 Å². The molecule has 0 aromatic carbocycles. The van der Waals surface area contributed by atoms with Crippen LogP contribution in [0.5, 0.6) is 0 Å². The van der Waals surface area contributed by atoms with Crippen LogP contribution in [-0.4, -0.2) is 61.0 Å². The van der Waals surface area contributed by atoms with Gasteiger partial charge in [0.15, 0.2) is 12.0 Å². The van der Waals surface area contributed by atoms with Gasteiger partial charge in [-0.15, -0.1) is 0 Å². The molecule has 0 saturated carbocycles. The van der Waals surface area contributed by atoms with Crippen molar-refractivity contribution >= 4 is 7.85 Å². The highest BCUT2D eigenvalue weighted by atomic mass is 16.5. The van der Waals surface area contributed by atoms with Gasteiger partial charge in [-0.05, 0) is 82.0 Å². The van der Waals surface area contributed by atoms with Gasteiger partial charge in [-0.3, -0.25) is 5.32 Å². The fourth-order valence-electron chi connectivity index (χ4n) is 5.53. The van der Waals surface area contributed by atoms with Crippen molar-refractivity contribution in [1.29, 1.82) is 0 Å². The number of hydrogen-bond acceptors (Lipinski definition) is 8. The Bertz CT molecular complexity index is 755. The average molecular weight is 458 g/mol. The summed E-state index contributed by atoms with van der Waals surface area (Å²) < 4.78 is 5.74. The zero-order chi connectivity index (χ0) is 23.4. The quantitative estimate of drug-likeness (QED) is 0.240. The van der Waals surface area contributed by atoms with E-state index < -0.39 is 18.6 Å². The molecule has 9 heteroatoms. The summed E-state index contributed by atoms with van der Waals surface area (Å²) in [7, 11) is 6.22. The Morgan fingerprint density at radius 3 is 2.79 bits per heavy atom. The van der Waals surface area contributed by atoms with E-state index in [1.165, 1.54) is 0 Å². The molecule has 6 unspecified atom stereocenters. The van der Waals surface area contributed by atoms with Crippen molar-refractivity contribution in [1.82, 2.24) is 21.3 Å². The second-order valence-corrected chi connectivity index (χ2v) is 10.1. The molecule has 1 aliphatic carbocycles. The van der Waals surface area contributed by atoms with Gasteiger partial charge in [0.2, 0.25) is 0 Å². The Morgan fingerprint density at radius 1 is 1.24 bits per heavy atom. The summed E-state index contributed by atoms with van der Waals surface area (Å²) >= 11 is 0. The Morgan fingerprint density at radius 2 is 2.03 bits per heavy atom. The van der Waals surface area contributed by atoms with Gasteiger partial charge in [0.25, 0.3) is 0 Å². The molecule has 2 radical (unpaired) electrons. The van der Waals surface area contributed by atoms with Crippen molar-refractivity contribution in [2.45, 2.75) is 82.4 Å². The molecule has 8 nitrogen and oxygen atoms in total. The van der Waals surface area contributed by atoms with Gasteiger partial charge >= 0.3 is 0 Å². The van der Waals surface area contributed by atoms with Gasteiger partial charge < -0.3 is 36.0 Å². The van der Waals surface area contributed by atoms with E-state index in [9.17, 15) is 15.3 Å². The van der Waals surface area contributed by atoms with Gasteiger partial charge in [-0.1, -0.05) is 12.7 Å². The standard InChI is InChI=1S/C24H39BN4O4/c1-14-11-16(25)3-2-10-33-22-21(14)28-23(29-24(22)32)18-5-4-17(13-19(18)30)27-20(31)12-15-6-8-26-9-7-15/h2,10,13-16,18-20,23-24,26-32H,3-9,11-12H2,1H3/b10-2+/t14-,16?,18?,19?,20?,23?,24?/m1/s1. The first-order valence-corrected chi connectivity index (χ1v) is 12.5. The summed E-state index contributed by atoms with van der Waals surface area (Å²) in [6.45, 7) is 4.10. The highest BCUT2D eigenvalue weighted by Crippen LogP contribution is 2.33. The minimum atomic E-state index is -0.963. The molecule has 7 atom stereocenters. The molecule has 33 heavy (non-hydrogen) atoms. The Hall–Kier alpha value is -1.52. The third-order valence-corrected chi connectivity index (χ3v) is 7.39. The third kappa shape index (κ3) is 6.34. The lowest BCUT2D eigenvalue weighted by atomic mass is 9.77. The molecule has 182 valence electrons. The normalized spacial score (nSPS) is 37.9. The van der Waals surface area contributed by atoms with Crippen LogP contribution in [0, 0.1) is 17.8 Å². The van der Waals surface area contributed by atoms with E-state index in [0.29, 0.717) is 18.1 Å². The van der Waals surface area contributed by atoms with E-state index in [2.05, 4.69) is 28.2 Å². The summed E-state index contributed by atoms with van der Waals surface area (Å²) in [5.41, 5.74) is 1.72. The van der Waals surface area contributed by atoms with Crippen LogP contribution < -0.4 is 21.3 Å². The van der Waals surface area contributed by atoms with Crippen LogP contribution in [0.25, 0.3) is 0 Å². The molecule has 0 aromatic rings. The van der Waals surface area contributed by atoms with Crippen LogP contribution in [0.2, 0.25) is 5.82 Å². The lowest BCUT2D eigenvalue weighted by Gasteiger charge is -2.41. The highest BCUT2D eigenvalue weighted by molar-refractivity contribution is 6.11. The number of nitrogens with one attached hydrogen (secondary N) is 4. The first-order valence-electron chi connectivity index (χ1n) is 12.5. The van der Waals surface area contributed by atoms with Gasteiger partial charge in [-0.2, -0.15) is 0 Å². The molecule has 4 aliphatic rings. The molecule has 7 N–H and O–H groups in total. The maximum Gasteiger partial charge on any atom is 0.167 e. The summed E-state index contributed by atoms with van der Waals surface area (Å²) in [6, 6.07) is 0. The lowest BCUT2D eigenvalue weighted by Crippen LogP contribution is -2.59. The minimum absolute atomic E-state index is 0.0205. The van der Waals surface area contributed by atoms with Gasteiger partial charge in [0, 0.05) is 11.6 Å². The number of allylic oxidation sites excluding steroid dienone is 3. The Labute approximate surface area is 198 Å². The Kier molecular flexibility index (Phi) is 8.41. The van der Waals surface area contributed by atoms with Crippen molar-refractivity contribution in [2.75, 3.05) is 13.1 Å². The van der Waals surface area contributed by atoms with Crippen molar-refractivity contribution in [2.24, 2.45) is 17.8 Å². The minimum Gasteiger partial charge on any atom is -0.464 e. The molecule has 4 rings (SSSR count). The Balaban J connectivity index is 1.37. The van der Waals surface area contributed by atoms with Gasteiger partial charge in [0.05, 0.1) is 32.1 Å². The van der Waals surface area contributed by atoms with E-state index >= 15 is 0 Å². The van der Waals surface area contributed by atoms with E-state index in [1.807, 2.05) is 6.08 Å². The maximum absolute atomic E-state index is 10.9. The molecule has 3 heterocycles. The monoisotopic (exact) mass is 458 g/mol. The van der Waals surface area contributed by atoms with Gasteiger partial charge in [-0.25, -0.2) is 0 Å². The zero-order valence-corrected chi connectivity index (χ0v) is 19.5. The first kappa shape index (κ1) is 24.6. The number of hydrogen-bond donors (Lipinski definition) is 7. The molecule has 0 spiro atoms. The molecule has 3 aliphatic heterocycles. The molecule has 0 amide bonds. The van der Waals surface area contributed by atoms with Crippen LogP contribution in [0.3, 0.4) is 0 Å². The molecule has 1 fully saturated rings. The van der Waals surface area contributed by atoms with E-state index in [4.69, 9.17) is 12.6 Å². The number of ether oxygens (including phenoxy) is 1. The zero-order valence-electron chi connectivity index (χ0n) is 19.5. The molecule has 0 bridgehead atoms. The number of piperidine rings is 1. The topological polar surface area (TPSA) is 118 Å². The lowest BCUT2D eigenvalue weighted by molar-refractivity contribution is 0.0324. The molecular formula is C24H39BN4O4. The highest BCUT2D eigenvalue weighted by Gasteiger charge is 2.38. The predicted molar refractivity (Wildman–Crippen MR) is 127 cm³/mol.